The van der Waals surface area contributed by atoms with E-state index in [-0.39, 0.29) is 5.91 Å². The monoisotopic (exact) mass is 351 g/mol. The van der Waals surface area contributed by atoms with Crippen molar-refractivity contribution in [2.24, 2.45) is 4.99 Å². The molecule has 1 N–H and O–H groups in total. The third-order valence-electron chi connectivity index (χ3n) is 4.41. The number of nitrogens with zero attached hydrogens (tertiary/aromatic N) is 2. The highest BCUT2D eigenvalue weighted by atomic mass is 16.1. The maximum atomic E-state index is 12.2. The fraction of sp³-hybridized carbons (Fsp3) is 0.409. The van der Waals surface area contributed by atoms with Gasteiger partial charge in [-0.1, -0.05) is 51.5 Å². The first-order valence-corrected chi connectivity index (χ1v) is 9.52. The van der Waals surface area contributed by atoms with E-state index >= 15 is 0 Å². The Labute approximate surface area is 156 Å². The number of unbranched alkanes of at least 4 members (excludes halogenated alkanes) is 1. The Balaban J connectivity index is 2.30. The van der Waals surface area contributed by atoms with Crippen molar-refractivity contribution in [2.75, 3.05) is 6.54 Å². The summed E-state index contributed by atoms with van der Waals surface area (Å²) in [6.07, 6.45) is 3.90. The zero-order chi connectivity index (χ0) is 18.9. The van der Waals surface area contributed by atoms with Crippen LogP contribution < -0.4 is 5.32 Å². The molecule has 0 saturated carbocycles. The Bertz CT molecular complexity index is 758. The molecule has 0 fully saturated rings. The van der Waals surface area contributed by atoms with E-state index in [1.54, 1.807) is 6.07 Å². The predicted molar refractivity (Wildman–Crippen MR) is 109 cm³/mol. The number of aromatic nitrogens is 1. The van der Waals surface area contributed by atoms with Crippen LogP contribution in [0, 0.1) is 0 Å². The molecule has 0 atom stereocenters. The van der Waals surface area contributed by atoms with Gasteiger partial charge in [-0.25, -0.2) is 4.98 Å². The lowest BCUT2D eigenvalue weighted by atomic mass is 10.0. The van der Waals surface area contributed by atoms with Crippen molar-refractivity contribution >= 4 is 17.3 Å². The summed E-state index contributed by atoms with van der Waals surface area (Å²) in [5.74, 6) is -0.128. The van der Waals surface area contributed by atoms with E-state index in [0.29, 0.717) is 12.2 Å². The van der Waals surface area contributed by atoms with Gasteiger partial charge >= 0.3 is 0 Å². The summed E-state index contributed by atoms with van der Waals surface area (Å²) in [6.45, 7) is 9.01. The number of carbonyl (C=O) groups is 1. The number of pyridine rings is 1. The standard InChI is InChI=1S/C22H29N3O/c1-5-8-15-23-22(26)20-14-10-13-19(25-20)16(4)24-21-17(6-2)11-9-12-18(21)7-3/h9-14H,5-8,15H2,1-4H3,(H,23,26). The van der Waals surface area contributed by atoms with Crippen LogP contribution in [-0.4, -0.2) is 23.1 Å². The van der Waals surface area contributed by atoms with Gasteiger partial charge in [0.1, 0.15) is 5.69 Å². The van der Waals surface area contributed by atoms with Crippen molar-refractivity contribution in [1.82, 2.24) is 10.3 Å². The molecular weight excluding hydrogens is 322 g/mol. The molecule has 26 heavy (non-hydrogen) atoms. The topological polar surface area (TPSA) is 54.4 Å². The van der Waals surface area contributed by atoms with Crippen LogP contribution in [-0.2, 0) is 12.8 Å². The van der Waals surface area contributed by atoms with Crippen LogP contribution in [0.4, 0.5) is 5.69 Å². The SMILES string of the molecule is CCCCNC(=O)c1cccc(C(C)=Nc2c(CC)cccc2CC)n1. The third kappa shape index (κ3) is 5.01. The Morgan fingerprint density at radius 2 is 1.62 bits per heavy atom. The van der Waals surface area contributed by atoms with Gasteiger partial charge in [0.05, 0.1) is 17.1 Å². The van der Waals surface area contributed by atoms with Crippen LogP contribution in [0.1, 0.15) is 67.8 Å². The Kier molecular flexibility index (Phi) is 7.52. The van der Waals surface area contributed by atoms with Crippen molar-refractivity contribution in [1.29, 1.82) is 0 Å². The number of para-hydroxylation sites is 1. The van der Waals surface area contributed by atoms with Gasteiger partial charge in [0.25, 0.3) is 5.91 Å². The molecule has 4 nitrogen and oxygen atoms in total. The Hall–Kier alpha value is -2.49. The summed E-state index contributed by atoms with van der Waals surface area (Å²) in [5, 5.41) is 2.91. The number of hydrogen-bond acceptors (Lipinski definition) is 3. The summed E-state index contributed by atoms with van der Waals surface area (Å²) >= 11 is 0. The van der Waals surface area contributed by atoms with Gasteiger partial charge in [0.15, 0.2) is 0 Å². The van der Waals surface area contributed by atoms with Crippen LogP contribution in [0.5, 0.6) is 0 Å². The Morgan fingerprint density at radius 1 is 1.00 bits per heavy atom. The Morgan fingerprint density at radius 3 is 2.23 bits per heavy atom. The molecule has 2 rings (SSSR count). The third-order valence-corrected chi connectivity index (χ3v) is 4.41. The molecule has 0 saturated heterocycles. The van der Waals surface area contributed by atoms with E-state index < -0.39 is 0 Å². The quantitative estimate of drug-likeness (QED) is 0.544. The number of hydrogen-bond donors (Lipinski definition) is 1. The van der Waals surface area contributed by atoms with Gasteiger partial charge in [-0.15, -0.1) is 0 Å². The molecule has 0 unspecified atom stereocenters. The predicted octanol–water partition coefficient (Wildman–Crippen LogP) is 4.88. The van der Waals surface area contributed by atoms with Crippen molar-refractivity contribution in [2.45, 2.75) is 53.4 Å². The fourth-order valence-corrected chi connectivity index (χ4v) is 2.82. The second-order valence-electron chi connectivity index (χ2n) is 6.35. The van der Waals surface area contributed by atoms with Crippen LogP contribution in [0.3, 0.4) is 0 Å². The second-order valence-corrected chi connectivity index (χ2v) is 6.35. The number of aryl methyl sites for hydroxylation is 2. The summed E-state index contributed by atoms with van der Waals surface area (Å²) in [6, 6.07) is 11.8. The smallest absolute Gasteiger partial charge is 0.269 e. The van der Waals surface area contributed by atoms with Gasteiger partial charge < -0.3 is 5.32 Å². The maximum Gasteiger partial charge on any atom is 0.269 e. The average Bonchev–Trinajstić information content (AvgIpc) is 2.68. The van der Waals surface area contributed by atoms with E-state index in [0.717, 1.165) is 42.8 Å². The van der Waals surface area contributed by atoms with Crippen LogP contribution >= 0.6 is 0 Å². The van der Waals surface area contributed by atoms with Gasteiger partial charge in [-0.3, -0.25) is 9.79 Å². The van der Waals surface area contributed by atoms with Crippen molar-refractivity contribution in [3.63, 3.8) is 0 Å². The molecule has 1 aromatic heterocycles. The summed E-state index contributed by atoms with van der Waals surface area (Å²) in [5.41, 5.74) is 5.50. The molecule has 0 aliphatic carbocycles. The zero-order valence-electron chi connectivity index (χ0n) is 16.3. The molecule has 0 aliphatic rings. The molecule has 2 aromatic rings. The molecule has 0 spiro atoms. The molecular formula is C22H29N3O. The van der Waals surface area contributed by atoms with Crippen molar-refractivity contribution in [3.05, 3.63) is 58.9 Å². The lowest BCUT2D eigenvalue weighted by Gasteiger charge is -2.10. The van der Waals surface area contributed by atoms with Gasteiger partial charge in [0, 0.05) is 6.54 Å². The number of carbonyl (C=O) groups excluding carboxylic acids is 1. The van der Waals surface area contributed by atoms with Gasteiger partial charge in [0.2, 0.25) is 0 Å². The minimum Gasteiger partial charge on any atom is -0.351 e. The van der Waals surface area contributed by atoms with E-state index in [2.05, 4.69) is 49.3 Å². The molecule has 138 valence electrons. The number of nitrogens with one attached hydrogen (secondary N) is 1. The van der Waals surface area contributed by atoms with Crippen LogP contribution in [0.2, 0.25) is 0 Å². The normalized spacial score (nSPS) is 11.5. The first kappa shape index (κ1) is 19.8. The largest absolute Gasteiger partial charge is 0.351 e. The summed E-state index contributed by atoms with van der Waals surface area (Å²) in [7, 11) is 0. The zero-order valence-corrected chi connectivity index (χ0v) is 16.3. The van der Waals surface area contributed by atoms with E-state index in [9.17, 15) is 4.79 Å². The van der Waals surface area contributed by atoms with Crippen molar-refractivity contribution in [3.8, 4) is 0 Å². The van der Waals surface area contributed by atoms with Crippen LogP contribution in [0.25, 0.3) is 0 Å². The van der Waals surface area contributed by atoms with Gasteiger partial charge in [-0.05, 0) is 49.4 Å². The minimum absolute atomic E-state index is 0.128. The maximum absolute atomic E-state index is 12.2. The van der Waals surface area contributed by atoms with E-state index in [1.165, 1.54) is 11.1 Å². The molecule has 0 aliphatic heterocycles. The summed E-state index contributed by atoms with van der Waals surface area (Å²) in [4.78, 5) is 21.6. The molecule has 0 radical (unpaired) electrons. The lowest BCUT2D eigenvalue weighted by Crippen LogP contribution is -2.25. The molecule has 0 bridgehead atoms. The van der Waals surface area contributed by atoms with E-state index in [1.807, 2.05) is 19.1 Å². The highest BCUT2D eigenvalue weighted by molar-refractivity contribution is 6.00. The highest BCUT2D eigenvalue weighted by Crippen LogP contribution is 2.26. The number of rotatable bonds is 8. The molecule has 4 heteroatoms. The van der Waals surface area contributed by atoms with Crippen molar-refractivity contribution < 1.29 is 4.79 Å². The van der Waals surface area contributed by atoms with E-state index in [4.69, 9.17) is 4.99 Å². The molecule has 1 amide bonds. The number of aliphatic imine (C=N–C) groups is 1. The first-order chi connectivity index (χ1) is 12.6. The molecule has 1 aromatic carbocycles. The lowest BCUT2D eigenvalue weighted by molar-refractivity contribution is 0.0948. The van der Waals surface area contributed by atoms with Crippen LogP contribution in [0.15, 0.2) is 41.4 Å². The molecule has 1 heterocycles. The fourth-order valence-electron chi connectivity index (χ4n) is 2.82. The first-order valence-electron chi connectivity index (χ1n) is 9.52. The number of benzene rings is 1. The second kappa shape index (κ2) is 9.85. The average molecular weight is 351 g/mol. The number of amides is 1. The minimum atomic E-state index is -0.128. The van der Waals surface area contributed by atoms with Gasteiger partial charge in [-0.2, -0.15) is 0 Å². The summed E-state index contributed by atoms with van der Waals surface area (Å²) < 4.78 is 0. The highest BCUT2D eigenvalue weighted by Gasteiger charge is 2.10.